The average Bonchev–Trinajstić information content (AvgIpc) is 2.76. The van der Waals surface area contributed by atoms with E-state index in [9.17, 15) is 9.59 Å². The summed E-state index contributed by atoms with van der Waals surface area (Å²) in [6.07, 6.45) is 19.5. The summed E-state index contributed by atoms with van der Waals surface area (Å²) in [6.45, 7) is 2.26. The van der Waals surface area contributed by atoms with Crippen LogP contribution in [0.15, 0.2) is 24.3 Å². The Hall–Kier alpha value is -1.88. The van der Waals surface area contributed by atoms with Crippen molar-refractivity contribution in [1.82, 2.24) is 0 Å². The van der Waals surface area contributed by atoms with Crippen molar-refractivity contribution in [2.24, 2.45) is 0 Å². The summed E-state index contributed by atoms with van der Waals surface area (Å²) in [4.78, 5) is 27.2. The number of unbranched alkanes of at least 4 members (excludes halogenated alkanes) is 14. The van der Waals surface area contributed by atoms with Crippen LogP contribution in [0.25, 0.3) is 0 Å². The molecule has 0 fully saturated rings. The number of carbonyl (C=O) groups excluding carboxylic acids is 2. The molecule has 0 heterocycles. The van der Waals surface area contributed by atoms with Crippen molar-refractivity contribution >= 4 is 11.9 Å². The van der Waals surface area contributed by atoms with Gasteiger partial charge >= 0.3 is 11.9 Å². The predicted octanol–water partition coefficient (Wildman–Crippen LogP) is 7.48. The molecular formula is C25H40O5. The molecule has 1 aromatic rings. The molecule has 0 amide bonds. The highest BCUT2D eigenvalue weighted by molar-refractivity contribution is 5.93. The Morgan fingerprint density at radius 2 is 1.20 bits per heavy atom. The molecule has 0 aromatic heterocycles. The summed E-state index contributed by atoms with van der Waals surface area (Å²) in [5, 5.41) is 8.51. The minimum Gasteiger partial charge on any atom is -0.426 e. The average molecular weight is 421 g/mol. The van der Waals surface area contributed by atoms with Crippen LogP contribution >= 0.6 is 0 Å². The van der Waals surface area contributed by atoms with Crippen LogP contribution in [0.1, 0.15) is 120 Å². The summed E-state index contributed by atoms with van der Waals surface area (Å²) in [7, 11) is 0. The summed E-state index contributed by atoms with van der Waals surface area (Å²) in [5.41, 5.74) is 0.0323. The molecule has 0 spiro atoms. The topological polar surface area (TPSA) is 72.8 Å². The van der Waals surface area contributed by atoms with E-state index in [4.69, 9.17) is 9.99 Å². The fourth-order valence-electron chi connectivity index (χ4n) is 3.59. The third kappa shape index (κ3) is 12.6. The van der Waals surface area contributed by atoms with E-state index in [1.165, 1.54) is 89.2 Å². The normalized spacial score (nSPS) is 10.7. The van der Waals surface area contributed by atoms with Crippen molar-refractivity contribution in [3.63, 3.8) is 0 Å². The lowest BCUT2D eigenvalue weighted by Crippen LogP contribution is -2.11. The van der Waals surface area contributed by atoms with Gasteiger partial charge in [0.05, 0.1) is 0 Å². The van der Waals surface area contributed by atoms with Crippen LogP contribution in [0.4, 0.5) is 0 Å². The second-order valence-electron chi connectivity index (χ2n) is 8.05. The highest BCUT2D eigenvalue weighted by atomic mass is 17.1. The molecule has 0 aliphatic heterocycles. The van der Waals surface area contributed by atoms with Crippen LogP contribution in [0, 0.1) is 0 Å². The Balaban J connectivity index is 1.96. The van der Waals surface area contributed by atoms with Crippen molar-refractivity contribution in [1.29, 1.82) is 0 Å². The van der Waals surface area contributed by atoms with Gasteiger partial charge in [-0.2, -0.15) is 5.26 Å². The monoisotopic (exact) mass is 420 g/mol. The van der Waals surface area contributed by atoms with Gasteiger partial charge in [0.25, 0.3) is 0 Å². The minimum atomic E-state index is -0.939. The van der Waals surface area contributed by atoms with Gasteiger partial charge in [0.15, 0.2) is 0 Å². The van der Waals surface area contributed by atoms with E-state index in [1.54, 1.807) is 12.1 Å². The molecule has 0 saturated heterocycles. The summed E-state index contributed by atoms with van der Waals surface area (Å²) < 4.78 is 5.24. The minimum absolute atomic E-state index is 0.0323. The molecule has 0 unspecified atom stereocenters. The smallest absolute Gasteiger partial charge is 0.376 e. The maximum atomic E-state index is 12.0. The number of esters is 1. The van der Waals surface area contributed by atoms with E-state index in [-0.39, 0.29) is 17.3 Å². The molecule has 5 heteroatoms. The van der Waals surface area contributed by atoms with E-state index in [0.29, 0.717) is 6.42 Å². The van der Waals surface area contributed by atoms with Gasteiger partial charge in [-0.3, -0.25) is 9.68 Å². The van der Waals surface area contributed by atoms with Gasteiger partial charge in [-0.05, 0) is 18.6 Å². The van der Waals surface area contributed by atoms with Gasteiger partial charge in [-0.1, -0.05) is 109 Å². The number of rotatable bonds is 18. The fraction of sp³-hybridized carbons (Fsp3) is 0.680. The third-order valence-electron chi connectivity index (χ3n) is 5.40. The number of benzene rings is 1. The number of ether oxygens (including phenoxy) is 1. The van der Waals surface area contributed by atoms with Gasteiger partial charge in [-0.25, -0.2) is 4.79 Å². The second kappa shape index (κ2) is 17.9. The molecule has 0 atom stereocenters. The molecule has 30 heavy (non-hydrogen) atoms. The van der Waals surface area contributed by atoms with Crippen LogP contribution in [0.2, 0.25) is 0 Å². The molecule has 170 valence electrons. The zero-order valence-electron chi connectivity index (χ0n) is 18.7. The Labute approximate surface area is 182 Å². The molecule has 0 radical (unpaired) electrons. The Kier molecular flexibility index (Phi) is 15.6. The van der Waals surface area contributed by atoms with Gasteiger partial charge in [0.2, 0.25) is 0 Å². The van der Waals surface area contributed by atoms with E-state index >= 15 is 0 Å². The van der Waals surface area contributed by atoms with Crippen LogP contribution in [0.3, 0.4) is 0 Å². The third-order valence-corrected chi connectivity index (χ3v) is 5.40. The largest absolute Gasteiger partial charge is 0.426 e. The first-order valence-corrected chi connectivity index (χ1v) is 11.8. The van der Waals surface area contributed by atoms with Gasteiger partial charge in [0.1, 0.15) is 11.3 Å². The van der Waals surface area contributed by atoms with Crippen molar-refractivity contribution < 1.29 is 24.5 Å². The first-order chi connectivity index (χ1) is 14.7. The lowest BCUT2D eigenvalue weighted by atomic mass is 10.0. The Bertz CT molecular complexity index is 585. The lowest BCUT2D eigenvalue weighted by molar-refractivity contribution is -0.183. The Morgan fingerprint density at radius 1 is 0.733 bits per heavy atom. The first kappa shape index (κ1) is 26.2. The van der Waals surface area contributed by atoms with Crippen molar-refractivity contribution in [3.05, 3.63) is 29.8 Å². The Morgan fingerprint density at radius 3 is 1.70 bits per heavy atom. The zero-order chi connectivity index (χ0) is 21.9. The van der Waals surface area contributed by atoms with Crippen molar-refractivity contribution in [3.8, 4) is 5.75 Å². The van der Waals surface area contributed by atoms with E-state index in [1.807, 2.05) is 0 Å². The van der Waals surface area contributed by atoms with E-state index in [2.05, 4.69) is 11.8 Å². The quantitative estimate of drug-likeness (QED) is 0.0876. The van der Waals surface area contributed by atoms with Crippen LogP contribution < -0.4 is 4.74 Å². The molecule has 1 rings (SSSR count). The molecule has 1 N–H and O–H groups in total. The highest BCUT2D eigenvalue weighted by Gasteiger charge is 2.16. The van der Waals surface area contributed by atoms with Crippen LogP contribution in [0.5, 0.6) is 5.75 Å². The maximum Gasteiger partial charge on any atom is 0.376 e. The second-order valence-corrected chi connectivity index (χ2v) is 8.05. The number of hydrogen-bond donors (Lipinski definition) is 1. The van der Waals surface area contributed by atoms with Gasteiger partial charge in [0, 0.05) is 6.42 Å². The fourth-order valence-corrected chi connectivity index (χ4v) is 3.59. The number of carbonyl (C=O) groups is 2. The number of para-hydroxylation sites is 1. The summed E-state index contributed by atoms with van der Waals surface area (Å²) in [5.74, 6) is -1.20. The molecular weight excluding hydrogens is 380 g/mol. The molecule has 0 aliphatic rings. The van der Waals surface area contributed by atoms with E-state index < -0.39 is 5.97 Å². The summed E-state index contributed by atoms with van der Waals surface area (Å²) in [6, 6.07) is 6.22. The standard InChI is InChI=1S/C25H40O5/c1-2-3-4-5-6-7-8-9-10-11-12-13-14-15-16-21-24(26)29-23-20-18-17-19-22(23)25(27)30-28/h17-20,28H,2-16,21H2,1H3. The predicted molar refractivity (Wildman–Crippen MR) is 120 cm³/mol. The first-order valence-electron chi connectivity index (χ1n) is 11.8. The molecule has 0 saturated carbocycles. The SMILES string of the molecule is CCCCCCCCCCCCCCCCCC(=O)Oc1ccccc1C(=O)OO. The lowest BCUT2D eigenvalue weighted by Gasteiger charge is -2.07. The highest BCUT2D eigenvalue weighted by Crippen LogP contribution is 2.20. The van der Waals surface area contributed by atoms with E-state index in [0.717, 1.165) is 19.3 Å². The number of hydrogen-bond acceptors (Lipinski definition) is 5. The summed E-state index contributed by atoms with van der Waals surface area (Å²) >= 11 is 0. The van der Waals surface area contributed by atoms with Gasteiger partial charge in [-0.15, -0.1) is 0 Å². The maximum absolute atomic E-state index is 12.0. The zero-order valence-corrected chi connectivity index (χ0v) is 18.7. The van der Waals surface area contributed by atoms with Crippen LogP contribution in [-0.4, -0.2) is 17.2 Å². The van der Waals surface area contributed by atoms with Crippen LogP contribution in [-0.2, 0) is 9.68 Å². The molecule has 1 aromatic carbocycles. The van der Waals surface area contributed by atoms with Crippen molar-refractivity contribution in [2.75, 3.05) is 0 Å². The van der Waals surface area contributed by atoms with Gasteiger partial charge < -0.3 is 4.74 Å². The molecule has 0 aliphatic carbocycles. The molecule has 5 nitrogen and oxygen atoms in total. The molecule has 0 bridgehead atoms. The van der Waals surface area contributed by atoms with Crippen molar-refractivity contribution in [2.45, 2.75) is 110 Å².